The SMILES string of the molecule is CNC(=O)[C@@H](C)N(Cc1ccccc1C)C(=O)CN(c1cccc(C)c1)S(C)(=O)=O. The number of likely N-dealkylation sites (N-methyl/N-ethyl adjacent to an activating group) is 1. The number of carbonyl (C=O) groups is 2. The molecule has 8 heteroatoms. The van der Waals surface area contributed by atoms with Gasteiger partial charge < -0.3 is 10.2 Å². The van der Waals surface area contributed by atoms with E-state index in [1.807, 2.05) is 44.2 Å². The van der Waals surface area contributed by atoms with Crippen molar-refractivity contribution >= 4 is 27.5 Å². The lowest BCUT2D eigenvalue weighted by molar-refractivity contribution is -0.139. The van der Waals surface area contributed by atoms with Crippen LogP contribution in [0.2, 0.25) is 0 Å². The van der Waals surface area contributed by atoms with Crippen LogP contribution in [-0.2, 0) is 26.2 Å². The van der Waals surface area contributed by atoms with Crippen LogP contribution < -0.4 is 9.62 Å². The van der Waals surface area contributed by atoms with E-state index in [9.17, 15) is 18.0 Å². The topological polar surface area (TPSA) is 86.8 Å². The quantitative estimate of drug-likeness (QED) is 0.694. The molecule has 0 aliphatic carbocycles. The van der Waals surface area contributed by atoms with Gasteiger partial charge in [0.05, 0.1) is 11.9 Å². The lowest BCUT2D eigenvalue weighted by atomic mass is 10.1. The molecule has 0 aliphatic heterocycles. The van der Waals surface area contributed by atoms with Gasteiger partial charge in [-0.2, -0.15) is 0 Å². The van der Waals surface area contributed by atoms with Crippen LogP contribution >= 0.6 is 0 Å². The Bertz CT molecular complexity index is 1020. The summed E-state index contributed by atoms with van der Waals surface area (Å²) in [7, 11) is -2.21. The molecule has 1 atom stereocenters. The molecule has 0 heterocycles. The zero-order chi connectivity index (χ0) is 22.5. The lowest BCUT2D eigenvalue weighted by Gasteiger charge is -2.31. The number of hydrogen-bond donors (Lipinski definition) is 1. The summed E-state index contributed by atoms with van der Waals surface area (Å²) in [5, 5.41) is 2.56. The van der Waals surface area contributed by atoms with Crippen LogP contribution in [0, 0.1) is 13.8 Å². The van der Waals surface area contributed by atoms with Crippen molar-refractivity contribution < 1.29 is 18.0 Å². The number of nitrogens with one attached hydrogen (secondary N) is 1. The minimum atomic E-state index is -3.71. The van der Waals surface area contributed by atoms with Gasteiger partial charge in [-0.3, -0.25) is 13.9 Å². The minimum Gasteiger partial charge on any atom is -0.357 e. The Balaban J connectivity index is 2.40. The molecule has 30 heavy (non-hydrogen) atoms. The number of aryl methyl sites for hydroxylation is 2. The predicted molar refractivity (Wildman–Crippen MR) is 119 cm³/mol. The molecule has 0 radical (unpaired) electrons. The third kappa shape index (κ3) is 5.82. The monoisotopic (exact) mass is 431 g/mol. The fourth-order valence-electron chi connectivity index (χ4n) is 3.16. The highest BCUT2D eigenvalue weighted by molar-refractivity contribution is 7.92. The number of benzene rings is 2. The van der Waals surface area contributed by atoms with Crippen molar-refractivity contribution in [3.8, 4) is 0 Å². The fourth-order valence-corrected chi connectivity index (χ4v) is 4.00. The molecule has 2 aromatic carbocycles. The van der Waals surface area contributed by atoms with Crippen LogP contribution in [0.4, 0.5) is 5.69 Å². The third-order valence-electron chi connectivity index (χ3n) is 4.98. The molecule has 162 valence electrons. The first-order valence-corrected chi connectivity index (χ1v) is 11.5. The summed E-state index contributed by atoms with van der Waals surface area (Å²) in [6, 6.07) is 13.8. The van der Waals surface area contributed by atoms with Crippen molar-refractivity contribution in [1.82, 2.24) is 10.2 Å². The van der Waals surface area contributed by atoms with Gasteiger partial charge in [0.25, 0.3) is 0 Å². The van der Waals surface area contributed by atoms with Crippen LogP contribution in [0.3, 0.4) is 0 Å². The van der Waals surface area contributed by atoms with Crippen molar-refractivity contribution in [1.29, 1.82) is 0 Å². The summed E-state index contributed by atoms with van der Waals surface area (Å²) in [6.07, 6.45) is 1.07. The van der Waals surface area contributed by atoms with Crippen molar-refractivity contribution in [3.05, 3.63) is 65.2 Å². The second kappa shape index (κ2) is 9.75. The molecule has 1 N–H and O–H groups in total. The van der Waals surface area contributed by atoms with Gasteiger partial charge in [-0.25, -0.2) is 8.42 Å². The molecule has 0 unspecified atom stereocenters. The van der Waals surface area contributed by atoms with E-state index >= 15 is 0 Å². The predicted octanol–water partition coefficient (Wildman–Crippen LogP) is 2.23. The Morgan fingerprint density at radius 1 is 1.07 bits per heavy atom. The first-order valence-electron chi connectivity index (χ1n) is 9.64. The van der Waals surface area contributed by atoms with Gasteiger partial charge in [-0.15, -0.1) is 0 Å². The molecular formula is C22H29N3O4S. The largest absolute Gasteiger partial charge is 0.357 e. The Kier molecular flexibility index (Phi) is 7.61. The van der Waals surface area contributed by atoms with Gasteiger partial charge in [-0.05, 0) is 49.6 Å². The van der Waals surface area contributed by atoms with Crippen LogP contribution in [0.25, 0.3) is 0 Å². The first-order chi connectivity index (χ1) is 14.0. The summed E-state index contributed by atoms with van der Waals surface area (Å²) < 4.78 is 26.0. The number of hydrogen-bond acceptors (Lipinski definition) is 4. The van der Waals surface area contributed by atoms with E-state index in [2.05, 4.69) is 5.32 Å². The summed E-state index contributed by atoms with van der Waals surface area (Å²) in [4.78, 5) is 27.0. The number of amides is 2. The number of sulfonamides is 1. The average molecular weight is 432 g/mol. The normalized spacial score (nSPS) is 12.2. The Hall–Kier alpha value is -2.87. The minimum absolute atomic E-state index is 0.200. The fraction of sp³-hybridized carbons (Fsp3) is 0.364. The summed E-state index contributed by atoms with van der Waals surface area (Å²) in [6.45, 7) is 5.22. The molecule has 0 fully saturated rings. The number of rotatable bonds is 8. The molecule has 7 nitrogen and oxygen atoms in total. The zero-order valence-corrected chi connectivity index (χ0v) is 18.9. The third-order valence-corrected chi connectivity index (χ3v) is 6.13. The van der Waals surface area contributed by atoms with Crippen molar-refractivity contribution in [2.45, 2.75) is 33.4 Å². The number of anilines is 1. The Morgan fingerprint density at radius 3 is 2.30 bits per heavy atom. The van der Waals surface area contributed by atoms with E-state index in [-0.39, 0.29) is 12.5 Å². The van der Waals surface area contributed by atoms with Crippen LogP contribution in [-0.4, -0.2) is 51.0 Å². The van der Waals surface area contributed by atoms with Crippen molar-refractivity contribution in [2.24, 2.45) is 0 Å². The van der Waals surface area contributed by atoms with Crippen LogP contribution in [0.1, 0.15) is 23.6 Å². The van der Waals surface area contributed by atoms with Gasteiger partial charge in [0, 0.05) is 13.6 Å². The highest BCUT2D eigenvalue weighted by Gasteiger charge is 2.29. The molecule has 2 rings (SSSR count). The maximum atomic E-state index is 13.3. The second-order valence-corrected chi connectivity index (χ2v) is 9.25. The van der Waals surface area contributed by atoms with Crippen LogP contribution in [0.5, 0.6) is 0 Å². The molecule has 0 saturated carbocycles. The van der Waals surface area contributed by atoms with Gasteiger partial charge in [0.2, 0.25) is 21.8 Å². The molecule has 0 saturated heterocycles. The highest BCUT2D eigenvalue weighted by Crippen LogP contribution is 2.20. The maximum absolute atomic E-state index is 13.3. The standard InChI is InChI=1S/C22H29N3O4S/c1-16-9-8-12-20(13-16)25(30(5,28)29)15-21(26)24(18(3)22(27)23-4)14-19-11-7-6-10-17(19)2/h6-13,18H,14-15H2,1-5H3,(H,23,27)/t18-/m1/s1. The second-order valence-electron chi connectivity index (χ2n) is 7.35. The summed E-state index contributed by atoms with van der Waals surface area (Å²) >= 11 is 0. The van der Waals surface area contributed by atoms with E-state index < -0.39 is 28.5 Å². The number of carbonyl (C=O) groups excluding carboxylic acids is 2. The highest BCUT2D eigenvalue weighted by atomic mass is 32.2. The number of nitrogens with zero attached hydrogens (tertiary/aromatic N) is 2. The molecule has 0 spiro atoms. The van der Waals surface area contributed by atoms with E-state index in [1.54, 1.807) is 25.1 Å². The molecular weight excluding hydrogens is 402 g/mol. The van der Waals surface area contributed by atoms with E-state index in [0.29, 0.717) is 5.69 Å². The Morgan fingerprint density at radius 2 is 1.73 bits per heavy atom. The van der Waals surface area contributed by atoms with E-state index in [0.717, 1.165) is 27.3 Å². The zero-order valence-electron chi connectivity index (χ0n) is 18.0. The maximum Gasteiger partial charge on any atom is 0.244 e. The van der Waals surface area contributed by atoms with Gasteiger partial charge >= 0.3 is 0 Å². The molecule has 2 aromatic rings. The summed E-state index contributed by atoms with van der Waals surface area (Å²) in [5.41, 5.74) is 3.17. The van der Waals surface area contributed by atoms with Gasteiger partial charge in [-0.1, -0.05) is 36.4 Å². The molecule has 2 amide bonds. The molecule has 0 bridgehead atoms. The summed E-state index contributed by atoms with van der Waals surface area (Å²) in [5.74, 6) is -0.778. The van der Waals surface area contributed by atoms with E-state index in [1.165, 1.54) is 11.9 Å². The average Bonchev–Trinajstić information content (AvgIpc) is 2.69. The van der Waals surface area contributed by atoms with Gasteiger partial charge in [0.15, 0.2) is 0 Å². The smallest absolute Gasteiger partial charge is 0.244 e. The first kappa shape index (κ1) is 23.4. The molecule has 0 aromatic heterocycles. The van der Waals surface area contributed by atoms with Crippen molar-refractivity contribution in [2.75, 3.05) is 24.2 Å². The van der Waals surface area contributed by atoms with Crippen molar-refractivity contribution in [3.63, 3.8) is 0 Å². The van der Waals surface area contributed by atoms with Gasteiger partial charge in [0.1, 0.15) is 12.6 Å². The Labute approximate surface area is 178 Å². The van der Waals surface area contributed by atoms with Crippen LogP contribution in [0.15, 0.2) is 48.5 Å². The lowest BCUT2D eigenvalue weighted by Crippen LogP contribution is -2.50. The molecule has 0 aliphatic rings. The van der Waals surface area contributed by atoms with E-state index in [4.69, 9.17) is 0 Å².